The fraction of sp³-hybridized carbons (Fsp3) is 0.308. The van der Waals surface area contributed by atoms with Crippen molar-refractivity contribution >= 4 is 28.9 Å². The SMILES string of the molecule is CN(C)c1ccc(Cl)cc1NC(=O)CCn1cnnc1. The number of hydrogen-bond donors (Lipinski definition) is 1. The van der Waals surface area contributed by atoms with Crippen molar-refractivity contribution in [2.45, 2.75) is 13.0 Å². The molecule has 1 aromatic carbocycles. The molecule has 1 aromatic heterocycles. The minimum absolute atomic E-state index is 0.0796. The van der Waals surface area contributed by atoms with E-state index in [9.17, 15) is 4.79 Å². The molecular weight excluding hydrogens is 278 g/mol. The van der Waals surface area contributed by atoms with Gasteiger partial charge in [-0.25, -0.2) is 0 Å². The maximum absolute atomic E-state index is 12.0. The summed E-state index contributed by atoms with van der Waals surface area (Å²) in [5, 5.41) is 10.8. The second-order valence-electron chi connectivity index (χ2n) is 4.55. The molecule has 0 saturated carbocycles. The zero-order valence-electron chi connectivity index (χ0n) is 11.4. The second-order valence-corrected chi connectivity index (χ2v) is 4.99. The van der Waals surface area contributed by atoms with Crippen LogP contribution in [0.5, 0.6) is 0 Å². The average Bonchev–Trinajstić information content (AvgIpc) is 2.89. The summed E-state index contributed by atoms with van der Waals surface area (Å²) in [6.07, 6.45) is 3.51. The molecule has 2 aromatic rings. The van der Waals surface area contributed by atoms with E-state index in [0.717, 1.165) is 5.69 Å². The number of aromatic nitrogens is 3. The van der Waals surface area contributed by atoms with Gasteiger partial charge in [-0.3, -0.25) is 4.79 Å². The number of hydrogen-bond acceptors (Lipinski definition) is 4. The highest BCUT2D eigenvalue weighted by atomic mass is 35.5. The molecule has 106 valence electrons. The van der Waals surface area contributed by atoms with Gasteiger partial charge in [-0.2, -0.15) is 0 Å². The molecule has 2 rings (SSSR count). The molecule has 7 heteroatoms. The normalized spacial score (nSPS) is 10.3. The Bertz CT molecular complexity index is 582. The van der Waals surface area contributed by atoms with Gasteiger partial charge in [0.05, 0.1) is 11.4 Å². The van der Waals surface area contributed by atoms with Crippen LogP contribution in [0.25, 0.3) is 0 Å². The van der Waals surface area contributed by atoms with Crippen molar-refractivity contribution in [1.82, 2.24) is 14.8 Å². The van der Waals surface area contributed by atoms with Crippen molar-refractivity contribution in [2.75, 3.05) is 24.3 Å². The molecule has 1 N–H and O–H groups in total. The summed E-state index contributed by atoms with van der Waals surface area (Å²) in [5.41, 5.74) is 1.61. The Morgan fingerprint density at radius 1 is 1.35 bits per heavy atom. The van der Waals surface area contributed by atoms with E-state index < -0.39 is 0 Å². The van der Waals surface area contributed by atoms with Crippen LogP contribution >= 0.6 is 11.6 Å². The zero-order valence-corrected chi connectivity index (χ0v) is 12.1. The Hall–Kier alpha value is -2.08. The molecule has 0 unspecified atom stereocenters. The minimum Gasteiger partial charge on any atom is -0.376 e. The van der Waals surface area contributed by atoms with Crippen LogP contribution in [-0.2, 0) is 11.3 Å². The van der Waals surface area contributed by atoms with E-state index in [1.807, 2.05) is 25.1 Å². The highest BCUT2D eigenvalue weighted by Crippen LogP contribution is 2.27. The third-order valence-corrected chi connectivity index (χ3v) is 3.01. The Labute approximate surface area is 122 Å². The van der Waals surface area contributed by atoms with Crippen LogP contribution in [-0.4, -0.2) is 34.8 Å². The number of rotatable bonds is 5. The summed E-state index contributed by atoms with van der Waals surface area (Å²) in [5.74, 6) is -0.0796. The standard InChI is InChI=1S/C13H16ClN5O/c1-18(2)12-4-3-10(14)7-11(12)17-13(20)5-6-19-8-15-16-9-19/h3-4,7-9H,5-6H2,1-2H3,(H,17,20). The predicted octanol–water partition coefficient (Wildman–Crippen LogP) is 2.03. The lowest BCUT2D eigenvalue weighted by atomic mass is 10.2. The van der Waals surface area contributed by atoms with E-state index in [0.29, 0.717) is 23.7 Å². The van der Waals surface area contributed by atoms with Crippen molar-refractivity contribution < 1.29 is 4.79 Å². The van der Waals surface area contributed by atoms with E-state index in [1.165, 1.54) is 0 Å². The quantitative estimate of drug-likeness (QED) is 0.916. The number of amides is 1. The van der Waals surface area contributed by atoms with Gasteiger partial charge in [0.1, 0.15) is 12.7 Å². The lowest BCUT2D eigenvalue weighted by Gasteiger charge is -2.18. The molecule has 0 radical (unpaired) electrons. The Kier molecular flexibility index (Phi) is 4.57. The third kappa shape index (κ3) is 3.71. The zero-order chi connectivity index (χ0) is 14.5. The van der Waals surface area contributed by atoms with E-state index in [-0.39, 0.29) is 5.91 Å². The summed E-state index contributed by atoms with van der Waals surface area (Å²) in [7, 11) is 3.83. The summed E-state index contributed by atoms with van der Waals surface area (Å²) in [6.45, 7) is 0.538. The number of benzene rings is 1. The number of aryl methyl sites for hydroxylation is 1. The highest BCUT2D eigenvalue weighted by Gasteiger charge is 2.09. The monoisotopic (exact) mass is 293 g/mol. The molecule has 0 bridgehead atoms. The fourth-order valence-electron chi connectivity index (χ4n) is 1.78. The van der Waals surface area contributed by atoms with Crippen molar-refractivity contribution in [3.63, 3.8) is 0 Å². The van der Waals surface area contributed by atoms with Crippen LogP contribution in [0.15, 0.2) is 30.9 Å². The van der Waals surface area contributed by atoms with Crippen molar-refractivity contribution in [3.05, 3.63) is 35.9 Å². The topological polar surface area (TPSA) is 63.1 Å². The van der Waals surface area contributed by atoms with Gasteiger partial charge in [0.2, 0.25) is 5.91 Å². The summed E-state index contributed by atoms with van der Waals surface area (Å²) in [6, 6.07) is 5.41. The van der Waals surface area contributed by atoms with Crippen LogP contribution in [0.3, 0.4) is 0 Å². The van der Waals surface area contributed by atoms with Gasteiger partial charge in [-0.1, -0.05) is 11.6 Å². The largest absolute Gasteiger partial charge is 0.376 e. The average molecular weight is 294 g/mol. The molecule has 1 heterocycles. The number of halogens is 1. The first-order chi connectivity index (χ1) is 9.56. The van der Waals surface area contributed by atoms with Crippen LogP contribution < -0.4 is 10.2 Å². The lowest BCUT2D eigenvalue weighted by Crippen LogP contribution is -2.17. The Morgan fingerprint density at radius 3 is 2.70 bits per heavy atom. The van der Waals surface area contributed by atoms with Gasteiger partial charge in [0.25, 0.3) is 0 Å². The summed E-state index contributed by atoms with van der Waals surface area (Å²) >= 11 is 5.97. The maximum Gasteiger partial charge on any atom is 0.226 e. The van der Waals surface area contributed by atoms with Gasteiger partial charge >= 0.3 is 0 Å². The van der Waals surface area contributed by atoms with Gasteiger partial charge < -0.3 is 14.8 Å². The van der Waals surface area contributed by atoms with E-state index >= 15 is 0 Å². The van der Waals surface area contributed by atoms with Gasteiger partial charge in [0, 0.05) is 32.1 Å². The molecular formula is C13H16ClN5O. The fourth-order valence-corrected chi connectivity index (χ4v) is 1.95. The molecule has 0 saturated heterocycles. The Balaban J connectivity index is 2.01. The first-order valence-corrected chi connectivity index (χ1v) is 6.53. The maximum atomic E-state index is 12.0. The van der Waals surface area contributed by atoms with Gasteiger partial charge in [-0.05, 0) is 18.2 Å². The van der Waals surface area contributed by atoms with E-state index in [2.05, 4.69) is 15.5 Å². The number of nitrogens with zero attached hydrogens (tertiary/aromatic N) is 4. The summed E-state index contributed by atoms with van der Waals surface area (Å²) in [4.78, 5) is 13.9. The van der Waals surface area contributed by atoms with E-state index in [4.69, 9.17) is 11.6 Å². The van der Waals surface area contributed by atoms with Gasteiger partial charge in [-0.15, -0.1) is 10.2 Å². The van der Waals surface area contributed by atoms with Crippen LogP contribution in [0.1, 0.15) is 6.42 Å². The predicted molar refractivity (Wildman–Crippen MR) is 79.0 cm³/mol. The highest BCUT2D eigenvalue weighted by molar-refractivity contribution is 6.31. The molecule has 0 aliphatic heterocycles. The number of anilines is 2. The molecule has 0 spiro atoms. The number of carbonyl (C=O) groups excluding carboxylic acids is 1. The van der Waals surface area contributed by atoms with Crippen molar-refractivity contribution in [1.29, 1.82) is 0 Å². The smallest absolute Gasteiger partial charge is 0.226 e. The first-order valence-electron chi connectivity index (χ1n) is 6.15. The molecule has 0 aliphatic carbocycles. The lowest BCUT2D eigenvalue weighted by molar-refractivity contribution is -0.116. The molecule has 20 heavy (non-hydrogen) atoms. The molecule has 0 fully saturated rings. The van der Waals surface area contributed by atoms with Gasteiger partial charge in [0.15, 0.2) is 0 Å². The molecule has 6 nitrogen and oxygen atoms in total. The summed E-state index contributed by atoms with van der Waals surface area (Å²) < 4.78 is 1.75. The Morgan fingerprint density at radius 2 is 2.05 bits per heavy atom. The molecule has 0 aliphatic rings. The van der Waals surface area contributed by atoms with Crippen molar-refractivity contribution in [3.8, 4) is 0 Å². The third-order valence-electron chi connectivity index (χ3n) is 2.78. The van der Waals surface area contributed by atoms with Crippen molar-refractivity contribution in [2.24, 2.45) is 0 Å². The minimum atomic E-state index is -0.0796. The molecule has 0 atom stereocenters. The number of carbonyl (C=O) groups is 1. The van der Waals surface area contributed by atoms with Crippen LogP contribution in [0.2, 0.25) is 5.02 Å². The van der Waals surface area contributed by atoms with Crippen LogP contribution in [0.4, 0.5) is 11.4 Å². The second kappa shape index (κ2) is 6.38. The first kappa shape index (κ1) is 14.3. The number of nitrogens with one attached hydrogen (secondary N) is 1. The van der Waals surface area contributed by atoms with E-state index in [1.54, 1.807) is 29.4 Å². The van der Waals surface area contributed by atoms with Crippen LogP contribution in [0, 0.1) is 0 Å². The molecule has 1 amide bonds.